The number of amides is 1. The van der Waals surface area contributed by atoms with E-state index < -0.39 is 0 Å². The first-order chi connectivity index (χ1) is 9.13. The van der Waals surface area contributed by atoms with Crippen LogP contribution < -0.4 is 10.9 Å². The number of pyridine rings is 1. The van der Waals surface area contributed by atoms with Gasteiger partial charge in [-0.15, -0.1) is 0 Å². The molecule has 2 heterocycles. The third kappa shape index (κ3) is 4.22. The van der Waals surface area contributed by atoms with E-state index in [2.05, 4.69) is 20.3 Å². The van der Waals surface area contributed by atoms with E-state index >= 15 is 0 Å². The zero-order valence-electron chi connectivity index (χ0n) is 10.2. The van der Waals surface area contributed by atoms with Gasteiger partial charge in [-0.3, -0.25) is 9.59 Å². The quantitative estimate of drug-likeness (QED) is 0.647. The molecule has 0 spiro atoms. The lowest BCUT2D eigenvalue weighted by Gasteiger charge is -2.03. The summed E-state index contributed by atoms with van der Waals surface area (Å²) < 4.78 is 0. The number of aromatic amines is 1. The second kappa shape index (κ2) is 6.14. The molecule has 6 nitrogen and oxygen atoms in total. The molecule has 2 aromatic heterocycles. The van der Waals surface area contributed by atoms with Gasteiger partial charge in [0.25, 0.3) is 5.56 Å². The molecule has 19 heavy (non-hydrogen) atoms. The van der Waals surface area contributed by atoms with Gasteiger partial charge in [-0.05, 0) is 19.1 Å². The van der Waals surface area contributed by atoms with Gasteiger partial charge in [-0.2, -0.15) is 0 Å². The van der Waals surface area contributed by atoms with Crippen molar-refractivity contribution in [2.24, 2.45) is 0 Å². The third-order valence-electron chi connectivity index (χ3n) is 2.12. The first-order valence-corrected chi connectivity index (χ1v) is 6.54. The summed E-state index contributed by atoms with van der Waals surface area (Å²) in [5.74, 6) is 0.454. The van der Waals surface area contributed by atoms with Gasteiger partial charge in [0.1, 0.15) is 5.82 Å². The Bertz CT molecular complexity index is 627. The van der Waals surface area contributed by atoms with Crippen LogP contribution in [0.2, 0.25) is 0 Å². The lowest BCUT2D eigenvalue weighted by molar-refractivity contribution is -0.113. The van der Waals surface area contributed by atoms with Crippen molar-refractivity contribution in [2.75, 3.05) is 11.1 Å². The number of anilines is 1. The van der Waals surface area contributed by atoms with Crippen molar-refractivity contribution in [3.63, 3.8) is 0 Å². The normalized spacial score (nSPS) is 10.2. The number of hydrogen-bond acceptors (Lipinski definition) is 5. The Morgan fingerprint density at radius 1 is 1.47 bits per heavy atom. The molecule has 0 aliphatic carbocycles. The average Bonchev–Trinajstić information content (AvgIpc) is 2.36. The molecule has 2 aromatic rings. The largest absolute Gasteiger partial charge is 0.310 e. The van der Waals surface area contributed by atoms with Gasteiger partial charge in [-0.25, -0.2) is 9.97 Å². The van der Waals surface area contributed by atoms with E-state index in [0.717, 1.165) is 0 Å². The summed E-state index contributed by atoms with van der Waals surface area (Å²) in [4.78, 5) is 33.6. The maximum Gasteiger partial charge on any atom is 0.251 e. The highest BCUT2D eigenvalue weighted by molar-refractivity contribution is 7.99. The predicted molar refractivity (Wildman–Crippen MR) is 73.2 cm³/mol. The molecule has 0 radical (unpaired) electrons. The van der Waals surface area contributed by atoms with Gasteiger partial charge < -0.3 is 10.3 Å². The van der Waals surface area contributed by atoms with Crippen LogP contribution in [-0.2, 0) is 4.79 Å². The van der Waals surface area contributed by atoms with Crippen LogP contribution in [0.3, 0.4) is 0 Å². The molecule has 0 saturated carbocycles. The first kappa shape index (κ1) is 13.3. The summed E-state index contributed by atoms with van der Waals surface area (Å²) in [5.41, 5.74) is 0.400. The monoisotopic (exact) mass is 276 g/mol. The highest BCUT2D eigenvalue weighted by Gasteiger charge is 2.06. The Kier molecular flexibility index (Phi) is 4.30. The molecule has 98 valence electrons. The first-order valence-electron chi connectivity index (χ1n) is 5.55. The van der Waals surface area contributed by atoms with Gasteiger partial charge in [0.15, 0.2) is 5.16 Å². The number of H-pyrrole nitrogens is 1. The minimum absolute atomic E-state index is 0.156. The van der Waals surface area contributed by atoms with E-state index in [-0.39, 0.29) is 17.2 Å². The van der Waals surface area contributed by atoms with Crippen LogP contribution in [0.25, 0.3) is 0 Å². The summed E-state index contributed by atoms with van der Waals surface area (Å²) in [6, 6.07) is 6.66. The van der Waals surface area contributed by atoms with Crippen LogP contribution in [0.15, 0.2) is 40.4 Å². The molecule has 0 bridgehead atoms. The fraction of sp³-hybridized carbons (Fsp3) is 0.167. The number of carbonyl (C=O) groups is 1. The topological polar surface area (TPSA) is 87.7 Å². The molecule has 0 aliphatic heterocycles. The van der Waals surface area contributed by atoms with Crippen molar-refractivity contribution in [2.45, 2.75) is 12.1 Å². The lowest BCUT2D eigenvalue weighted by atomic mass is 10.4. The van der Waals surface area contributed by atoms with E-state index in [0.29, 0.717) is 16.7 Å². The number of aromatic nitrogens is 3. The SMILES string of the molecule is Cc1cc(=O)[nH]c(SCC(=O)Nc2ccccn2)n1. The maximum atomic E-state index is 11.7. The highest BCUT2D eigenvalue weighted by Crippen LogP contribution is 2.11. The molecule has 0 unspecified atom stereocenters. The van der Waals surface area contributed by atoms with Crippen LogP contribution in [0.4, 0.5) is 5.82 Å². The minimum atomic E-state index is -0.222. The average molecular weight is 276 g/mol. The molecule has 0 saturated heterocycles. The molecular weight excluding hydrogens is 264 g/mol. The van der Waals surface area contributed by atoms with Crippen molar-refractivity contribution >= 4 is 23.5 Å². The van der Waals surface area contributed by atoms with E-state index in [9.17, 15) is 9.59 Å². The van der Waals surface area contributed by atoms with Gasteiger partial charge in [0.05, 0.1) is 5.75 Å². The summed E-state index contributed by atoms with van der Waals surface area (Å²) in [6.07, 6.45) is 1.60. The van der Waals surface area contributed by atoms with Crippen LogP contribution in [-0.4, -0.2) is 26.6 Å². The third-order valence-corrected chi connectivity index (χ3v) is 2.99. The lowest BCUT2D eigenvalue weighted by Crippen LogP contribution is -2.16. The Morgan fingerprint density at radius 3 is 3.00 bits per heavy atom. The summed E-state index contributed by atoms with van der Waals surface area (Å²) in [7, 11) is 0. The van der Waals surface area contributed by atoms with Crippen LogP contribution in [0.5, 0.6) is 0 Å². The summed E-state index contributed by atoms with van der Waals surface area (Å²) in [5, 5.41) is 3.08. The summed E-state index contributed by atoms with van der Waals surface area (Å²) >= 11 is 1.17. The van der Waals surface area contributed by atoms with Crippen molar-refractivity contribution in [3.05, 3.63) is 46.5 Å². The molecule has 7 heteroatoms. The Balaban J connectivity index is 1.92. The molecule has 0 aromatic carbocycles. The maximum absolute atomic E-state index is 11.7. The molecule has 1 amide bonds. The number of nitrogens with zero attached hydrogens (tertiary/aromatic N) is 2. The smallest absolute Gasteiger partial charge is 0.251 e. The standard InChI is InChI=1S/C12H12N4O2S/c1-8-6-10(17)16-12(14-8)19-7-11(18)15-9-4-2-3-5-13-9/h2-6H,7H2,1H3,(H,13,15,18)(H,14,16,17). The molecular formula is C12H12N4O2S. The van der Waals surface area contributed by atoms with Crippen LogP contribution >= 0.6 is 11.8 Å². The Morgan fingerprint density at radius 2 is 2.32 bits per heavy atom. The second-order valence-corrected chi connectivity index (χ2v) is 4.71. The van der Waals surface area contributed by atoms with Gasteiger partial charge in [0.2, 0.25) is 5.91 Å². The van der Waals surface area contributed by atoms with Gasteiger partial charge in [0, 0.05) is 18.0 Å². The van der Waals surface area contributed by atoms with Crippen molar-refractivity contribution in [1.29, 1.82) is 0 Å². The number of hydrogen-bond donors (Lipinski definition) is 2. The number of rotatable bonds is 4. The van der Waals surface area contributed by atoms with Gasteiger partial charge >= 0.3 is 0 Å². The number of aryl methyl sites for hydroxylation is 1. The number of thioether (sulfide) groups is 1. The molecule has 0 aliphatic rings. The zero-order valence-corrected chi connectivity index (χ0v) is 11.0. The van der Waals surface area contributed by atoms with Crippen molar-refractivity contribution < 1.29 is 4.79 Å². The van der Waals surface area contributed by atoms with E-state index in [1.54, 1.807) is 31.3 Å². The molecule has 2 N–H and O–H groups in total. The van der Waals surface area contributed by atoms with Crippen molar-refractivity contribution in [1.82, 2.24) is 15.0 Å². The zero-order chi connectivity index (χ0) is 13.7. The fourth-order valence-electron chi connectivity index (χ4n) is 1.37. The molecule has 2 rings (SSSR count). The van der Waals surface area contributed by atoms with Crippen molar-refractivity contribution in [3.8, 4) is 0 Å². The number of carbonyl (C=O) groups excluding carboxylic acids is 1. The van der Waals surface area contributed by atoms with Gasteiger partial charge in [-0.1, -0.05) is 17.8 Å². The van der Waals surface area contributed by atoms with E-state index in [1.165, 1.54) is 17.8 Å². The molecule has 0 atom stereocenters. The number of nitrogens with one attached hydrogen (secondary N) is 2. The Labute approximate surface area is 113 Å². The fourth-order valence-corrected chi connectivity index (χ4v) is 2.09. The predicted octanol–water partition coefficient (Wildman–Crippen LogP) is 1.20. The molecule has 0 fully saturated rings. The van der Waals surface area contributed by atoms with E-state index in [1.807, 2.05) is 0 Å². The van der Waals surface area contributed by atoms with E-state index in [4.69, 9.17) is 0 Å². The minimum Gasteiger partial charge on any atom is -0.310 e. The second-order valence-electron chi connectivity index (χ2n) is 3.74. The van der Waals surface area contributed by atoms with Crippen LogP contribution in [0.1, 0.15) is 5.69 Å². The Hall–Kier alpha value is -2.15. The summed E-state index contributed by atoms with van der Waals surface area (Å²) in [6.45, 7) is 1.73. The highest BCUT2D eigenvalue weighted by atomic mass is 32.2. The van der Waals surface area contributed by atoms with Crippen LogP contribution in [0, 0.1) is 6.92 Å².